The number of allylic oxidation sites excluding steroid dienone is 5. The predicted octanol–water partition coefficient (Wildman–Crippen LogP) is 3.41. The molecular weight excluding hydrogens is 1240 g/mol. The van der Waals surface area contributed by atoms with Gasteiger partial charge in [0.25, 0.3) is 42.2 Å². The van der Waals surface area contributed by atoms with Gasteiger partial charge in [-0.2, -0.15) is 29.8 Å². The van der Waals surface area contributed by atoms with Crippen molar-refractivity contribution in [1.29, 1.82) is 0 Å². The van der Waals surface area contributed by atoms with Gasteiger partial charge in [-0.1, -0.05) is 6.07 Å². The van der Waals surface area contributed by atoms with Crippen LogP contribution in [0.15, 0.2) is 103 Å². The number of aliphatic hydroxyl groups excluding tert-OH is 1. The van der Waals surface area contributed by atoms with Crippen molar-refractivity contribution in [2.45, 2.75) is 89.7 Å². The number of Topliss-reactive ketones (excluding diaryl/α,β-unsaturated/α-hetero) is 1. The number of benzene rings is 4. The van der Waals surface area contributed by atoms with Gasteiger partial charge in [0.1, 0.15) is 32.5 Å². The molecule has 0 aromatic heterocycles. The largest absolute Gasteiger partial charge is 0.744 e. The van der Waals surface area contributed by atoms with Gasteiger partial charge in [0, 0.05) is 72.8 Å². The summed E-state index contributed by atoms with van der Waals surface area (Å²) >= 11 is 0. The molecule has 8 rings (SSSR count). The number of carbonyl (C=O) groups excluding carboxylic acids is 4. The Balaban J connectivity index is 1.27. The van der Waals surface area contributed by atoms with E-state index in [1.54, 1.807) is 18.7 Å². The third kappa shape index (κ3) is 13.5. The first kappa shape index (κ1) is 65.5. The Labute approximate surface area is 494 Å². The number of hydrogen-bond acceptors (Lipinski definition) is 23. The first-order valence-corrected chi connectivity index (χ1v) is 33.5. The fourth-order valence-corrected chi connectivity index (χ4v) is 14.3. The van der Waals surface area contributed by atoms with Crippen LogP contribution in [0.4, 0.5) is 11.4 Å². The van der Waals surface area contributed by atoms with E-state index >= 15 is 0 Å². The molecule has 3 heterocycles. The summed E-state index contributed by atoms with van der Waals surface area (Å²) < 4.78 is 205. The maximum atomic E-state index is 14.8. The maximum absolute atomic E-state index is 14.8. The third-order valence-corrected chi connectivity index (χ3v) is 19.2. The predicted molar refractivity (Wildman–Crippen MR) is 298 cm³/mol. The molecule has 1 fully saturated rings. The lowest BCUT2D eigenvalue weighted by Gasteiger charge is -2.32. The van der Waals surface area contributed by atoms with Crippen LogP contribution in [0.25, 0.3) is 21.5 Å². The normalized spacial score (nSPS) is 19.2. The van der Waals surface area contributed by atoms with E-state index in [0.29, 0.717) is 30.4 Å². The number of amides is 2. The second-order valence-electron chi connectivity index (χ2n) is 21.0. The Bertz CT molecular complexity index is 4230. The van der Waals surface area contributed by atoms with Crippen LogP contribution >= 0.6 is 0 Å². The molecule has 466 valence electrons. The van der Waals surface area contributed by atoms with Crippen molar-refractivity contribution in [1.82, 2.24) is 5.06 Å². The molecule has 2 amide bonds. The highest BCUT2D eigenvalue weighted by Crippen LogP contribution is 2.55. The first-order chi connectivity index (χ1) is 40.0. The molecule has 1 unspecified atom stereocenters. The number of ether oxygens (including phenoxy) is 4. The minimum atomic E-state index is -5.51. The van der Waals surface area contributed by atoms with E-state index in [1.165, 1.54) is 55.0 Å². The lowest BCUT2D eigenvalue weighted by Crippen LogP contribution is -2.34. The molecule has 0 spiro atoms. The van der Waals surface area contributed by atoms with Gasteiger partial charge in [-0.25, -0.2) is 21.6 Å². The highest BCUT2D eigenvalue weighted by molar-refractivity contribution is 7.87. The van der Waals surface area contributed by atoms with E-state index in [4.69, 9.17) is 23.8 Å². The van der Waals surface area contributed by atoms with Gasteiger partial charge in [0.05, 0.1) is 94.6 Å². The number of anilines is 1. The fourth-order valence-electron chi connectivity index (χ4n) is 11.1. The molecule has 4 aliphatic rings. The molecule has 4 aromatic carbocycles. The van der Waals surface area contributed by atoms with Gasteiger partial charge < -0.3 is 42.9 Å². The van der Waals surface area contributed by atoms with E-state index in [1.807, 2.05) is 0 Å². The Hall–Kier alpha value is -6.44. The monoisotopic (exact) mass is 1300 g/mol. The second-order valence-corrected chi connectivity index (χ2v) is 28.1. The molecule has 28 nitrogen and oxygen atoms in total. The molecule has 0 bridgehead atoms. The Kier molecular flexibility index (Phi) is 18.8. The van der Waals surface area contributed by atoms with E-state index in [-0.39, 0.29) is 145 Å². The number of carbonyl (C=O) groups is 4. The number of nitrogens with zero attached hydrogens (tertiary/aromatic N) is 3. The maximum Gasteiger partial charge on any atom is 0.333 e. The summed E-state index contributed by atoms with van der Waals surface area (Å²) in [5.74, 6) is -4.85. The highest BCUT2D eigenvalue weighted by Gasteiger charge is 2.50. The zero-order valence-electron chi connectivity index (χ0n) is 46.3. The number of fused-ring (bicyclic) bond motifs is 6. The van der Waals surface area contributed by atoms with Crippen LogP contribution in [-0.4, -0.2) is 181 Å². The average Bonchev–Trinajstić information content (AvgIpc) is 1.57. The van der Waals surface area contributed by atoms with Crippen LogP contribution in [-0.2, 0) is 104 Å². The zero-order chi connectivity index (χ0) is 63.3. The zero-order valence-corrected chi connectivity index (χ0v) is 50.4. The van der Waals surface area contributed by atoms with E-state index in [0.717, 1.165) is 12.1 Å². The standard InChI is InChI=1S/C53H59N3O25S5/c1-52(2)43(54(15-5-7-47(59)81-56-45(57)12-13-46(56)58)39-10-8-33-35(48(39)52)25-31(83(65,66)67)27-41(33)85(71,72)73)29-37-50(60)38(51(37)61)30-44-53(3,14-6-24-82(62,63)64)49-36-26-32(84(68,69)70)28-42(86(74,75)76)34(36)9-11-40(49)55(44)16-17-78-20-21-80-23-22-79-19-18-77-4/h8-11,25-30H,5-7,12-24H2,1-4H3,(H5-,60,61,62,63,64,65,66,67,68,69,70,71,72,73,74,75,76)/p-1. The molecule has 0 saturated carbocycles. The molecule has 33 heteroatoms. The minimum absolute atomic E-state index is 0.0271. The van der Waals surface area contributed by atoms with Crippen molar-refractivity contribution in [2.24, 2.45) is 0 Å². The number of methoxy groups -OCH3 is 1. The van der Waals surface area contributed by atoms with Crippen molar-refractivity contribution in [3.63, 3.8) is 0 Å². The molecule has 1 aliphatic carbocycles. The van der Waals surface area contributed by atoms with Crippen LogP contribution in [0.5, 0.6) is 0 Å². The number of imide groups is 1. The smallest absolute Gasteiger partial charge is 0.333 e. The summed E-state index contributed by atoms with van der Waals surface area (Å²) in [6, 6.07) is 7.99. The van der Waals surface area contributed by atoms with Crippen molar-refractivity contribution in [3.05, 3.63) is 94.4 Å². The van der Waals surface area contributed by atoms with Crippen LogP contribution in [0.3, 0.4) is 0 Å². The summed E-state index contributed by atoms with van der Waals surface area (Å²) in [5.41, 5.74) is -3.11. The third-order valence-electron chi connectivity index (χ3n) is 15.0. The summed E-state index contributed by atoms with van der Waals surface area (Å²) in [4.78, 5) is 54.9. The molecule has 0 radical (unpaired) electrons. The Morgan fingerprint density at radius 2 is 1.21 bits per heavy atom. The van der Waals surface area contributed by atoms with Gasteiger partial charge in [-0.3, -0.25) is 28.0 Å². The Morgan fingerprint density at radius 1 is 0.686 bits per heavy atom. The molecule has 4 N–H and O–H groups in total. The van der Waals surface area contributed by atoms with Gasteiger partial charge in [-0.15, -0.1) is 5.06 Å². The van der Waals surface area contributed by atoms with Crippen molar-refractivity contribution >= 4 is 113 Å². The molecule has 1 saturated heterocycles. The molecule has 1 atom stereocenters. The van der Waals surface area contributed by atoms with Crippen LogP contribution in [0.1, 0.15) is 70.4 Å². The SMILES string of the molecule is COCCOCCOCCOCCN1C(=CC2=C(O)C(=CC3=[N+](CCCC(=O)ON4C(=O)CCC4=O)c4ccc5c(S(=O)(=O)[O-])cc(S(=O)(=O)O)cc5c4C3(C)C)C2=O)C(C)(CCCS(=O)(=O)O)c2c1ccc1c(S(=O)(=O)[O-])cc(S(=O)(=O)O)cc21. The lowest BCUT2D eigenvalue weighted by atomic mass is 9.74. The van der Waals surface area contributed by atoms with E-state index < -0.39 is 123 Å². The van der Waals surface area contributed by atoms with Crippen LogP contribution in [0, 0.1) is 0 Å². The number of ketones is 1. The van der Waals surface area contributed by atoms with Gasteiger partial charge in [0.2, 0.25) is 11.5 Å². The number of rotatable bonds is 27. The van der Waals surface area contributed by atoms with Crippen LogP contribution < -0.4 is 4.90 Å². The van der Waals surface area contributed by atoms with Gasteiger partial charge in [0.15, 0.2) is 5.71 Å². The first-order valence-electron chi connectivity index (χ1n) is 26.2. The van der Waals surface area contributed by atoms with Crippen molar-refractivity contribution in [3.8, 4) is 0 Å². The molecular formula is C53H58N3O25S5-. The summed E-state index contributed by atoms with van der Waals surface area (Å²) in [5, 5.41) is 11.5. The summed E-state index contributed by atoms with van der Waals surface area (Å²) in [6.07, 6.45) is 0.939. The summed E-state index contributed by atoms with van der Waals surface area (Å²) in [7, 11) is -24.5. The van der Waals surface area contributed by atoms with Crippen molar-refractivity contribution < 1.29 is 117 Å². The quantitative estimate of drug-likeness (QED) is 0.0218. The number of hydroxylamine groups is 2. The van der Waals surface area contributed by atoms with Crippen molar-refractivity contribution in [2.75, 3.05) is 77.1 Å². The summed E-state index contributed by atoms with van der Waals surface area (Å²) in [6.45, 7) is 5.51. The molecule has 86 heavy (non-hydrogen) atoms. The minimum Gasteiger partial charge on any atom is -0.744 e. The van der Waals surface area contributed by atoms with E-state index in [9.17, 15) is 89.1 Å². The van der Waals surface area contributed by atoms with Gasteiger partial charge >= 0.3 is 5.97 Å². The average molecular weight is 1300 g/mol. The number of aliphatic hydroxyl groups is 1. The highest BCUT2D eigenvalue weighted by atomic mass is 32.2. The number of hydrogen-bond donors (Lipinski definition) is 4. The lowest BCUT2D eigenvalue weighted by molar-refractivity contribution is -0.438. The second kappa shape index (κ2) is 24.6. The Morgan fingerprint density at radius 3 is 1.72 bits per heavy atom. The van der Waals surface area contributed by atoms with E-state index in [2.05, 4.69) is 0 Å². The fraction of sp³-hybridized carbons (Fsp3) is 0.415. The van der Waals surface area contributed by atoms with Gasteiger partial charge in [-0.05, 0) is 97.8 Å². The molecule has 4 aromatic rings. The molecule has 3 aliphatic heterocycles. The van der Waals surface area contributed by atoms with Crippen LogP contribution in [0.2, 0.25) is 0 Å². The topological polar surface area (TPSA) is 422 Å².